The molecule has 19 heavy (non-hydrogen) atoms. The molecule has 2 aliphatic rings. The van der Waals surface area contributed by atoms with Gasteiger partial charge >= 0.3 is 12.3 Å². The molecule has 1 N–H and O–H groups in total. The predicted molar refractivity (Wildman–Crippen MR) is 55.4 cm³/mol. The number of ether oxygens (including phenoxy) is 2. The van der Waals surface area contributed by atoms with Gasteiger partial charge in [-0.3, -0.25) is 0 Å². The molecule has 1 aromatic rings. The van der Waals surface area contributed by atoms with Crippen LogP contribution in [0.2, 0.25) is 0 Å². The lowest BCUT2D eigenvalue weighted by Gasteiger charge is -2.16. The Morgan fingerprint density at radius 1 is 1.37 bits per heavy atom. The van der Waals surface area contributed by atoms with Crippen molar-refractivity contribution in [1.82, 2.24) is 0 Å². The molecule has 0 unspecified atom stereocenters. The number of hydrogen-bond donors (Lipinski definition) is 1. The molecule has 0 saturated heterocycles. The number of carboxylic acids is 1. The maximum atomic E-state index is 12.3. The summed E-state index contributed by atoms with van der Waals surface area (Å²) >= 11 is 0. The third-order valence-corrected chi connectivity index (χ3v) is 3.04. The largest absolute Gasteiger partial charge is 0.573 e. The number of alkyl halides is 3. The summed E-state index contributed by atoms with van der Waals surface area (Å²) in [6.45, 7) is 0. The molecule has 0 saturated carbocycles. The van der Waals surface area contributed by atoms with Gasteiger partial charge in [-0.2, -0.15) is 0 Å². The van der Waals surface area contributed by atoms with Crippen molar-refractivity contribution >= 4 is 5.97 Å². The van der Waals surface area contributed by atoms with E-state index >= 15 is 0 Å². The van der Waals surface area contributed by atoms with Crippen molar-refractivity contribution in [1.29, 1.82) is 0 Å². The van der Waals surface area contributed by atoms with E-state index in [0.29, 0.717) is 5.56 Å². The lowest BCUT2D eigenvalue weighted by atomic mass is 9.91. The number of carboxylic acid groups (broad SMARTS) is 1. The number of hydrogen-bond acceptors (Lipinski definition) is 3. The number of rotatable bonds is 2. The number of fused-ring (bicyclic) bond motifs is 5. The standard InChI is InChI=1S/C12H7F3O4/c13-12(14,15)19-7-3-1-2-5-9(7)8-4-6(11(16)17)10(5)18-8/h1-4,8,10H,(H,16,17)/t8-,10-/m0/s1. The molecule has 7 heteroatoms. The van der Waals surface area contributed by atoms with Crippen LogP contribution in [0, 0.1) is 0 Å². The van der Waals surface area contributed by atoms with Gasteiger partial charge in [-0.15, -0.1) is 13.2 Å². The molecule has 3 rings (SSSR count). The van der Waals surface area contributed by atoms with Crippen LogP contribution >= 0.6 is 0 Å². The molecule has 0 aliphatic carbocycles. The van der Waals surface area contributed by atoms with E-state index in [4.69, 9.17) is 9.84 Å². The second-order valence-corrected chi connectivity index (χ2v) is 4.17. The molecule has 0 fully saturated rings. The summed E-state index contributed by atoms with van der Waals surface area (Å²) in [6.07, 6.45) is -5.12. The fourth-order valence-corrected chi connectivity index (χ4v) is 2.39. The zero-order chi connectivity index (χ0) is 13.8. The van der Waals surface area contributed by atoms with Gasteiger partial charge in [0.1, 0.15) is 18.0 Å². The fourth-order valence-electron chi connectivity index (χ4n) is 2.39. The monoisotopic (exact) mass is 272 g/mol. The van der Waals surface area contributed by atoms with E-state index in [1.54, 1.807) is 6.07 Å². The minimum atomic E-state index is -4.80. The summed E-state index contributed by atoms with van der Waals surface area (Å²) in [5.41, 5.74) is 0.697. The maximum absolute atomic E-state index is 12.3. The van der Waals surface area contributed by atoms with E-state index in [1.165, 1.54) is 18.2 Å². The van der Waals surface area contributed by atoms with Crippen LogP contribution in [0.5, 0.6) is 5.75 Å². The summed E-state index contributed by atoms with van der Waals surface area (Å²) in [6, 6.07) is 4.10. The minimum Gasteiger partial charge on any atom is -0.478 e. The van der Waals surface area contributed by atoms with Crippen LogP contribution in [0.3, 0.4) is 0 Å². The highest BCUT2D eigenvalue weighted by molar-refractivity contribution is 5.90. The van der Waals surface area contributed by atoms with E-state index in [0.717, 1.165) is 0 Å². The van der Waals surface area contributed by atoms with Gasteiger partial charge in [0.25, 0.3) is 0 Å². The highest BCUT2D eigenvalue weighted by Gasteiger charge is 2.45. The summed E-state index contributed by atoms with van der Waals surface area (Å²) in [5.74, 6) is -1.49. The third kappa shape index (κ3) is 1.86. The SMILES string of the molecule is O=C(O)C1=C[C@@H]2O[C@H]1c1cccc(OC(F)(F)F)c12. The van der Waals surface area contributed by atoms with Crippen LogP contribution in [0.25, 0.3) is 0 Å². The van der Waals surface area contributed by atoms with Crippen molar-refractivity contribution < 1.29 is 32.5 Å². The Kier molecular flexibility index (Phi) is 2.37. The van der Waals surface area contributed by atoms with Crippen molar-refractivity contribution in [2.75, 3.05) is 0 Å². The topological polar surface area (TPSA) is 55.8 Å². The first-order chi connectivity index (χ1) is 8.87. The first-order valence-corrected chi connectivity index (χ1v) is 5.36. The molecule has 2 aliphatic heterocycles. The van der Waals surface area contributed by atoms with Gasteiger partial charge in [-0.05, 0) is 17.7 Å². The van der Waals surface area contributed by atoms with Gasteiger partial charge in [-0.25, -0.2) is 4.79 Å². The molecule has 2 bridgehead atoms. The molecule has 2 heterocycles. The number of carbonyl (C=O) groups is 1. The normalized spacial score (nSPS) is 24.1. The highest BCUT2D eigenvalue weighted by atomic mass is 19.4. The second-order valence-electron chi connectivity index (χ2n) is 4.17. The van der Waals surface area contributed by atoms with Crippen molar-refractivity contribution in [3.63, 3.8) is 0 Å². The molecular weight excluding hydrogens is 265 g/mol. The Morgan fingerprint density at radius 3 is 2.74 bits per heavy atom. The zero-order valence-electron chi connectivity index (χ0n) is 9.27. The molecule has 1 aromatic carbocycles. The van der Waals surface area contributed by atoms with Crippen LogP contribution in [0.15, 0.2) is 29.8 Å². The summed E-state index contributed by atoms with van der Waals surface area (Å²) in [4.78, 5) is 11.0. The van der Waals surface area contributed by atoms with Gasteiger partial charge in [0.2, 0.25) is 0 Å². The van der Waals surface area contributed by atoms with Gasteiger partial charge in [-0.1, -0.05) is 12.1 Å². The van der Waals surface area contributed by atoms with E-state index in [-0.39, 0.29) is 16.9 Å². The summed E-state index contributed by atoms with van der Waals surface area (Å²) < 4.78 is 46.1. The Balaban J connectivity index is 2.03. The number of aliphatic carboxylic acids is 1. The van der Waals surface area contributed by atoms with Gasteiger partial charge in [0.15, 0.2) is 0 Å². The zero-order valence-corrected chi connectivity index (χ0v) is 9.27. The Labute approximate surface area is 105 Å². The van der Waals surface area contributed by atoms with Crippen LogP contribution in [0.4, 0.5) is 13.2 Å². The smallest absolute Gasteiger partial charge is 0.478 e. The van der Waals surface area contributed by atoms with Crippen LogP contribution < -0.4 is 4.74 Å². The van der Waals surface area contributed by atoms with Crippen molar-refractivity contribution in [2.45, 2.75) is 18.6 Å². The third-order valence-electron chi connectivity index (χ3n) is 3.04. The van der Waals surface area contributed by atoms with Gasteiger partial charge < -0.3 is 14.6 Å². The van der Waals surface area contributed by atoms with Gasteiger partial charge in [0.05, 0.1) is 5.57 Å². The first kappa shape index (κ1) is 12.0. The highest BCUT2D eigenvalue weighted by Crippen LogP contribution is 2.53. The Hall–Kier alpha value is -2.02. The molecule has 100 valence electrons. The van der Waals surface area contributed by atoms with E-state index in [1.807, 2.05) is 0 Å². The minimum absolute atomic E-state index is 0.0432. The summed E-state index contributed by atoms with van der Waals surface area (Å²) in [7, 11) is 0. The molecule has 0 radical (unpaired) electrons. The van der Waals surface area contributed by atoms with Crippen LogP contribution in [-0.4, -0.2) is 17.4 Å². The number of halogens is 3. The van der Waals surface area contributed by atoms with Crippen molar-refractivity contribution in [3.8, 4) is 5.75 Å². The maximum Gasteiger partial charge on any atom is 0.573 e. The quantitative estimate of drug-likeness (QED) is 0.899. The van der Waals surface area contributed by atoms with Gasteiger partial charge in [0, 0.05) is 5.56 Å². The Morgan fingerprint density at radius 2 is 2.11 bits per heavy atom. The lowest BCUT2D eigenvalue weighted by molar-refractivity contribution is -0.275. The van der Waals surface area contributed by atoms with Crippen molar-refractivity contribution in [2.24, 2.45) is 0 Å². The van der Waals surface area contributed by atoms with Crippen LogP contribution in [0.1, 0.15) is 23.3 Å². The predicted octanol–water partition coefficient (Wildman–Crippen LogP) is 2.72. The van der Waals surface area contributed by atoms with Crippen molar-refractivity contribution in [3.05, 3.63) is 41.0 Å². The van der Waals surface area contributed by atoms with E-state index < -0.39 is 24.5 Å². The lowest BCUT2D eigenvalue weighted by Crippen LogP contribution is -2.19. The Bertz CT molecular complexity index is 591. The van der Waals surface area contributed by atoms with E-state index in [9.17, 15) is 18.0 Å². The first-order valence-electron chi connectivity index (χ1n) is 5.36. The number of benzene rings is 1. The molecule has 0 spiro atoms. The average Bonchev–Trinajstić information content (AvgIpc) is 2.85. The second kappa shape index (κ2) is 3.74. The molecule has 0 aromatic heterocycles. The summed E-state index contributed by atoms with van der Waals surface area (Å²) in [5, 5.41) is 8.96. The fraction of sp³-hybridized carbons (Fsp3) is 0.250. The molecular formula is C12H7F3O4. The molecule has 0 amide bonds. The average molecular weight is 272 g/mol. The molecule has 2 atom stereocenters. The molecule has 4 nitrogen and oxygen atoms in total. The van der Waals surface area contributed by atoms with E-state index in [2.05, 4.69) is 4.74 Å². The van der Waals surface area contributed by atoms with Crippen LogP contribution in [-0.2, 0) is 9.53 Å².